The fourth-order valence-corrected chi connectivity index (χ4v) is 4.52. The number of pyridine rings is 1. The largest absolute Gasteiger partial charge is 0.467 e. The molecule has 1 saturated heterocycles. The molecule has 3 rings (SSSR count). The quantitative estimate of drug-likeness (QED) is 0.538. The summed E-state index contributed by atoms with van der Waals surface area (Å²) in [4.78, 5) is 20.7. The van der Waals surface area contributed by atoms with Crippen LogP contribution in [0.5, 0.6) is 5.88 Å². The molecule has 180 valence electrons. The van der Waals surface area contributed by atoms with E-state index in [2.05, 4.69) is 16.0 Å². The molecule has 1 aliphatic rings. The molecule has 0 aliphatic carbocycles. The van der Waals surface area contributed by atoms with Crippen LogP contribution in [0.1, 0.15) is 22.3 Å². The molecular formula is C22H27Cl2N3O5S. The van der Waals surface area contributed by atoms with Crippen LogP contribution in [0, 0.1) is 13.8 Å². The number of halogens is 2. The van der Waals surface area contributed by atoms with Gasteiger partial charge in [-0.05, 0) is 49.1 Å². The van der Waals surface area contributed by atoms with Gasteiger partial charge in [-0.3, -0.25) is 14.2 Å². The fourth-order valence-electron chi connectivity index (χ4n) is 3.65. The summed E-state index contributed by atoms with van der Waals surface area (Å²) in [7, 11) is -4.15. The Bertz CT molecular complexity index is 1120. The highest BCUT2D eigenvalue weighted by molar-refractivity contribution is 7.85. The van der Waals surface area contributed by atoms with Crippen LogP contribution < -0.4 is 4.74 Å². The van der Waals surface area contributed by atoms with E-state index in [9.17, 15) is 13.2 Å². The second-order valence-electron chi connectivity index (χ2n) is 8.13. The van der Waals surface area contributed by atoms with Crippen molar-refractivity contribution in [2.24, 2.45) is 0 Å². The third-order valence-electron chi connectivity index (χ3n) is 5.59. The molecule has 8 nitrogen and oxygen atoms in total. The van der Waals surface area contributed by atoms with Gasteiger partial charge in [0.15, 0.2) is 6.61 Å². The molecule has 0 spiro atoms. The molecule has 1 N–H and O–H groups in total. The second-order valence-corrected chi connectivity index (χ2v) is 10.5. The highest BCUT2D eigenvalue weighted by Crippen LogP contribution is 2.23. The normalized spacial score (nSPS) is 15.0. The Morgan fingerprint density at radius 3 is 2.45 bits per heavy atom. The lowest BCUT2D eigenvalue weighted by Gasteiger charge is -2.35. The maximum absolute atomic E-state index is 12.6. The highest BCUT2D eigenvalue weighted by atomic mass is 35.5. The minimum Gasteiger partial charge on any atom is -0.467 e. The first-order valence-corrected chi connectivity index (χ1v) is 12.9. The molecule has 0 saturated carbocycles. The summed E-state index contributed by atoms with van der Waals surface area (Å²) in [5.41, 5.74) is 3.84. The number of nitrogens with zero attached hydrogens (tertiary/aromatic N) is 3. The zero-order valence-corrected chi connectivity index (χ0v) is 20.9. The Morgan fingerprint density at radius 1 is 1.09 bits per heavy atom. The summed E-state index contributed by atoms with van der Waals surface area (Å²) >= 11 is 12.1. The monoisotopic (exact) mass is 515 g/mol. The van der Waals surface area contributed by atoms with Crippen molar-refractivity contribution >= 4 is 39.2 Å². The van der Waals surface area contributed by atoms with Gasteiger partial charge in [-0.15, -0.1) is 0 Å². The summed E-state index contributed by atoms with van der Waals surface area (Å²) < 4.78 is 36.7. The van der Waals surface area contributed by atoms with Gasteiger partial charge in [0.2, 0.25) is 5.88 Å². The van der Waals surface area contributed by atoms with Crippen molar-refractivity contribution in [2.75, 3.05) is 38.5 Å². The molecule has 1 aliphatic heterocycles. The molecule has 2 aromatic rings. The SMILES string of the molecule is Cc1cc(CN2CCN(C(=O)COc3ncc(Cl)cc3CCS(=O)(=O)O)CC2)c(C)cc1Cl. The second kappa shape index (κ2) is 11.0. The molecule has 0 atom stereocenters. The van der Waals surface area contributed by atoms with Crippen LogP contribution in [0.15, 0.2) is 24.4 Å². The van der Waals surface area contributed by atoms with Crippen LogP contribution in [0.3, 0.4) is 0 Å². The van der Waals surface area contributed by atoms with E-state index in [0.29, 0.717) is 23.7 Å². The van der Waals surface area contributed by atoms with E-state index in [1.165, 1.54) is 17.8 Å². The van der Waals surface area contributed by atoms with Gasteiger partial charge in [-0.2, -0.15) is 8.42 Å². The average Bonchev–Trinajstić information content (AvgIpc) is 2.75. The first kappa shape index (κ1) is 25.7. The van der Waals surface area contributed by atoms with Crippen molar-refractivity contribution in [1.29, 1.82) is 0 Å². The molecule has 1 aromatic heterocycles. The van der Waals surface area contributed by atoms with E-state index >= 15 is 0 Å². The van der Waals surface area contributed by atoms with E-state index < -0.39 is 15.9 Å². The zero-order chi connectivity index (χ0) is 24.2. The number of hydrogen-bond donors (Lipinski definition) is 1. The van der Waals surface area contributed by atoms with Crippen LogP contribution >= 0.6 is 23.2 Å². The summed E-state index contributed by atoms with van der Waals surface area (Å²) in [5, 5.41) is 1.07. The van der Waals surface area contributed by atoms with Crippen LogP contribution in [-0.2, 0) is 27.9 Å². The van der Waals surface area contributed by atoms with Crippen LogP contribution in [0.4, 0.5) is 0 Å². The van der Waals surface area contributed by atoms with Gasteiger partial charge in [0, 0.05) is 49.5 Å². The number of benzene rings is 1. The number of carbonyl (C=O) groups is 1. The summed E-state index contributed by atoms with van der Waals surface area (Å²) in [6, 6.07) is 5.61. The molecular weight excluding hydrogens is 489 g/mol. The van der Waals surface area contributed by atoms with Crippen LogP contribution in [0.2, 0.25) is 10.0 Å². The van der Waals surface area contributed by atoms with Crippen LogP contribution in [-0.4, -0.2) is 72.2 Å². The van der Waals surface area contributed by atoms with E-state index in [0.717, 1.165) is 35.8 Å². The average molecular weight is 516 g/mol. The minimum atomic E-state index is -4.15. The van der Waals surface area contributed by atoms with Gasteiger partial charge < -0.3 is 9.64 Å². The fraction of sp³-hybridized carbons (Fsp3) is 0.455. The van der Waals surface area contributed by atoms with Crippen molar-refractivity contribution < 1.29 is 22.5 Å². The molecule has 33 heavy (non-hydrogen) atoms. The number of hydrogen-bond acceptors (Lipinski definition) is 6. The number of aryl methyl sites for hydroxylation is 3. The third kappa shape index (κ3) is 7.55. The molecule has 1 aromatic carbocycles. The number of ether oxygens (including phenoxy) is 1. The Labute approximate surface area is 204 Å². The molecule has 0 unspecified atom stereocenters. The van der Waals surface area contributed by atoms with E-state index in [4.69, 9.17) is 32.5 Å². The van der Waals surface area contributed by atoms with Gasteiger partial charge in [-0.1, -0.05) is 29.3 Å². The zero-order valence-electron chi connectivity index (χ0n) is 18.6. The molecule has 1 amide bonds. The summed E-state index contributed by atoms with van der Waals surface area (Å²) in [6.07, 6.45) is 1.33. The van der Waals surface area contributed by atoms with Gasteiger partial charge >= 0.3 is 0 Å². The predicted molar refractivity (Wildman–Crippen MR) is 128 cm³/mol. The first-order chi connectivity index (χ1) is 15.5. The number of aromatic nitrogens is 1. The standard InChI is InChI=1S/C22H27Cl2N3O5S/c1-15-10-20(24)16(2)9-18(15)13-26-4-6-27(7-5-26)21(28)14-32-22-17(3-8-33(29,30)31)11-19(23)12-25-22/h9-12H,3-8,13-14H2,1-2H3,(H,29,30,31). The summed E-state index contributed by atoms with van der Waals surface area (Å²) in [6.45, 7) is 7.27. The number of piperazine rings is 1. The van der Waals surface area contributed by atoms with Gasteiger partial charge in [0.05, 0.1) is 10.8 Å². The number of carbonyl (C=O) groups excluding carboxylic acids is 1. The predicted octanol–water partition coefficient (Wildman–Crippen LogP) is 3.16. The van der Waals surface area contributed by atoms with Crippen molar-refractivity contribution in [2.45, 2.75) is 26.8 Å². The maximum Gasteiger partial charge on any atom is 0.265 e. The Hall–Kier alpha value is -1.91. The molecule has 11 heteroatoms. The highest BCUT2D eigenvalue weighted by Gasteiger charge is 2.22. The van der Waals surface area contributed by atoms with Gasteiger partial charge in [0.1, 0.15) is 0 Å². The van der Waals surface area contributed by atoms with E-state index in [1.54, 1.807) is 4.90 Å². The number of rotatable bonds is 8. The van der Waals surface area contributed by atoms with E-state index in [1.807, 2.05) is 19.9 Å². The lowest BCUT2D eigenvalue weighted by atomic mass is 10.0. The van der Waals surface area contributed by atoms with Crippen LogP contribution in [0.25, 0.3) is 0 Å². The topological polar surface area (TPSA) is 100 Å². The van der Waals surface area contributed by atoms with Crippen molar-refractivity contribution in [3.8, 4) is 5.88 Å². The Kier molecular flexibility index (Phi) is 8.58. The van der Waals surface area contributed by atoms with Crippen molar-refractivity contribution in [3.63, 3.8) is 0 Å². The van der Waals surface area contributed by atoms with E-state index in [-0.39, 0.29) is 24.8 Å². The van der Waals surface area contributed by atoms with Crippen molar-refractivity contribution in [3.05, 3.63) is 56.7 Å². The maximum atomic E-state index is 12.6. The Morgan fingerprint density at radius 2 is 1.79 bits per heavy atom. The number of amides is 1. The molecule has 1 fully saturated rings. The summed E-state index contributed by atoms with van der Waals surface area (Å²) in [5.74, 6) is -0.539. The minimum absolute atomic E-state index is 0.0296. The van der Waals surface area contributed by atoms with Gasteiger partial charge in [-0.25, -0.2) is 4.98 Å². The first-order valence-electron chi connectivity index (χ1n) is 10.5. The smallest absolute Gasteiger partial charge is 0.265 e. The Balaban J connectivity index is 1.52. The lowest BCUT2D eigenvalue weighted by molar-refractivity contribution is -0.135. The molecule has 0 bridgehead atoms. The lowest BCUT2D eigenvalue weighted by Crippen LogP contribution is -2.49. The molecule has 2 heterocycles. The third-order valence-corrected chi connectivity index (χ3v) is 6.92. The molecule has 0 radical (unpaired) electrons. The van der Waals surface area contributed by atoms with Crippen molar-refractivity contribution in [1.82, 2.24) is 14.8 Å². The van der Waals surface area contributed by atoms with Gasteiger partial charge in [0.25, 0.3) is 16.0 Å².